The second kappa shape index (κ2) is 5.54. The Morgan fingerprint density at radius 2 is 2.16 bits per heavy atom. The lowest BCUT2D eigenvalue weighted by atomic mass is 10.3. The number of aliphatic hydroxyl groups excluding tert-OH is 1. The van der Waals surface area contributed by atoms with Crippen LogP contribution in [0.2, 0.25) is 5.02 Å². The molecule has 0 spiro atoms. The number of nitrogens with zero attached hydrogens (tertiary/aromatic N) is 1. The van der Waals surface area contributed by atoms with Crippen LogP contribution >= 0.6 is 11.6 Å². The van der Waals surface area contributed by atoms with Gasteiger partial charge in [-0.15, -0.1) is 0 Å². The summed E-state index contributed by atoms with van der Waals surface area (Å²) in [6, 6.07) is 3.50. The van der Waals surface area contributed by atoms with E-state index in [-0.39, 0.29) is 17.3 Å². The van der Waals surface area contributed by atoms with Crippen LogP contribution in [0.1, 0.15) is 6.42 Å². The fourth-order valence-corrected chi connectivity index (χ4v) is 2.10. The molecule has 0 aromatic heterocycles. The minimum Gasteiger partial charge on any atom is -0.391 e. The molecule has 1 aromatic rings. The average molecular weight is 287 g/mol. The number of likely N-dealkylation sites (tertiary alicyclic amines) is 1. The van der Waals surface area contributed by atoms with Crippen LogP contribution in [-0.2, 0) is 9.59 Å². The fourth-order valence-electron chi connectivity index (χ4n) is 1.88. The van der Waals surface area contributed by atoms with E-state index in [0.717, 1.165) is 12.1 Å². The van der Waals surface area contributed by atoms with Gasteiger partial charge in [-0.25, -0.2) is 4.39 Å². The summed E-state index contributed by atoms with van der Waals surface area (Å²) in [4.78, 5) is 24.7. The Kier molecular flexibility index (Phi) is 4.01. The molecule has 1 aliphatic heterocycles. The first-order valence-corrected chi connectivity index (χ1v) is 6.08. The number of hydrogen-bond donors (Lipinski definition) is 2. The number of carbonyl (C=O) groups is 2. The number of carbonyl (C=O) groups excluding carboxylic acids is 2. The molecule has 102 valence electrons. The Hall–Kier alpha value is -1.66. The zero-order chi connectivity index (χ0) is 14.0. The van der Waals surface area contributed by atoms with E-state index in [1.807, 2.05) is 0 Å². The number of amides is 2. The smallest absolute Gasteiger partial charge is 0.313 e. The molecule has 1 fully saturated rings. The van der Waals surface area contributed by atoms with Crippen molar-refractivity contribution in [1.82, 2.24) is 4.90 Å². The van der Waals surface area contributed by atoms with E-state index in [2.05, 4.69) is 5.32 Å². The van der Waals surface area contributed by atoms with Gasteiger partial charge in [0.05, 0.1) is 6.10 Å². The zero-order valence-electron chi connectivity index (χ0n) is 9.90. The summed E-state index contributed by atoms with van der Waals surface area (Å²) in [5.41, 5.74) is 0.114. The molecule has 0 radical (unpaired) electrons. The molecule has 19 heavy (non-hydrogen) atoms. The van der Waals surface area contributed by atoms with E-state index in [4.69, 9.17) is 11.6 Å². The molecule has 0 aliphatic carbocycles. The van der Waals surface area contributed by atoms with Crippen molar-refractivity contribution < 1.29 is 19.1 Å². The Morgan fingerprint density at radius 1 is 1.42 bits per heavy atom. The summed E-state index contributed by atoms with van der Waals surface area (Å²) in [5, 5.41) is 11.7. The third-order valence-electron chi connectivity index (χ3n) is 2.77. The molecule has 0 saturated carbocycles. The van der Waals surface area contributed by atoms with Crippen LogP contribution in [0.4, 0.5) is 10.1 Å². The van der Waals surface area contributed by atoms with Gasteiger partial charge in [0.1, 0.15) is 5.82 Å². The van der Waals surface area contributed by atoms with Gasteiger partial charge < -0.3 is 15.3 Å². The first-order chi connectivity index (χ1) is 8.95. The number of aliphatic hydroxyl groups is 1. The maximum atomic E-state index is 13.1. The monoisotopic (exact) mass is 286 g/mol. The first kappa shape index (κ1) is 13.8. The lowest BCUT2D eigenvalue weighted by molar-refractivity contribution is -0.142. The highest BCUT2D eigenvalue weighted by molar-refractivity contribution is 6.39. The molecule has 0 bridgehead atoms. The predicted molar refractivity (Wildman–Crippen MR) is 67.2 cm³/mol. The summed E-state index contributed by atoms with van der Waals surface area (Å²) in [6.45, 7) is 0.466. The van der Waals surface area contributed by atoms with Gasteiger partial charge >= 0.3 is 11.8 Å². The highest BCUT2D eigenvalue weighted by Gasteiger charge is 2.28. The highest BCUT2D eigenvalue weighted by Crippen LogP contribution is 2.18. The standard InChI is InChI=1S/C12H12ClFN2O3/c13-7-3-8(14)5-9(4-7)15-11(18)12(19)16-2-1-10(17)6-16/h3-5,10,17H,1-2,6H2,(H,15,18)/t10-/m0/s1. The van der Waals surface area contributed by atoms with Gasteiger partial charge in [0.15, 0.2) is 0 Å². The fraction of sp³-hybridized carbons (Fsp3) is 0.333. The highest BCUT2D eigenvalue weighted by atomic mass is 35.5. The number of halogens is 2. The maximum Gasteiger partial charge on any atom is 0.313 e. The number of rotatable bonds is 1. The molecular weight excluding hydrogens is 275 g/mol. The number of benzene rings is 1. The number of nitrogens with one attached hydrogen (secondary N) is 1. The first-order valence-electron chi connectivity index (χ1n) is 5.70. The molecule has 2 N–H and O–H groups in total. The van der Waals surface area contributed by atoms with Crippen LogP contribution in [0.5, 0.6) is 0 Å². The largest absolute Gasteiger partial charge is 0.391 e. The molecule has 1 saturated heterocycles. The predicted octanol–water partition coefficient (Wildman–Crippen LogP) is 1.01. The van der Waals surface area contributed by atoms with E-state index in [0.29, 0.717) is 13.0 Å². The number of hydrogen-bond acceptors (Lipinski definition) is 3. The molecule has 2 amide bonds. The summed E-state index contributed by atoms with van der Waals surface area (Å²) in [7, 11) is 0. The summed E-state index contributed by atoms with van der Waals surface area (Å²) in [5.74, 6) is -2.24. The van der Waals surface area contributed by atoms with Gasteiger partial charge in [-0.2, -0.15) is 0 Å². The SMILES string of the molecule is O=C(Nc1cc(F)cc(Cl)c1)C(=O)N1CC[C@H](O)C1. The molecule has 0 unspecified atom stereocenters. The van der Waals surface area contributed by atoms with Crippen LogP contribution in [-0.4, -0.2) is 41.0 Å². The minimum atomic E-state index is -0.879. The Balaban J connectivity index is 2.02. The lowest BCUT2D eigenvalue weighted by Gasteiger charge is -2.14. The van der Waals surface area contributed by atoms with Crippen LogP contribution in [0.25, 0.3) is 0 Å². The van der Waals surface area contributed by atoms with Crippen LogP contribution in [0.3, 0.4) is 0 Å². The van der Waals surface area contributed by atoms with E-state index >= 15 is 0 Å². The van der Waals surface area contributed by atoms with Crippen LogP contribution in [0.15, 0.2) is 18.2 Å². The third kappa shape index (κ3) is 3.42. The van der Waals surface area contributed by atoms with Crippen molar-refractivity contribution in [3.05, 3.63) is 29.0 Å². The van der Waals surface area contributed by atoms with E-state index in [9.17, 15) is 19.1 Å². The van der Waals surface area contributed by atoms with Crippen LogP contribution < -0.4 is 5.32 Å². The van der Waals surface area contributed by atoms with Crippen molar-refractivity contribution in [3.8, 4) is 0 Å². The van der Waals surface area contributed by atoms with Gasteiger partial charge in [0, 0.05) is 23.8 Å². The molecule has 1 aliphatic rings. The Labute approximate surface area is 114 Å². The van der Waals surface area contributed by atoms with E-state index < -0.39 is 23.7 Å². The summed E-state index contributed by atoms with van der Waals surface area (Å²) >= 11 is 5.64. The molecule has 1 atom stereocenters. The maximum absolute atomic E-state index is 13.1. The van der Waals surface area contributed by atoms with Crippen molar-refractivity contribution in [2.45, 2.75) is 12.5 Å². The summed E-state index contributed by atoms with van der Waals surface area (Å²) in [6.07, 6.45) is -0.148. The van der Waals surface area contributed by atoms with Crippen molar-refractivity contribution in [3.63, 3.8) is 0 Å². The summed E-state index contributed by atoms with van der Waals surface area (Å²) < 4.78 is 13.1. The van der Waals surface area contributed by atoms with Crippen LogP contribution in [0, 0.1) is 5.82 Å². The lowest BCUT2D eigenvalue weighted by Crippen LogP contribution is -2.38. The number of anilines is 1. The quantitative estimate of drug-likeness (QED) is 0.757. The molecule has 7 heteroatoms. The molecule has 1 heterocycles. The van der Waals surface area contributed by atoms with E-state index in [1.54, 1.807) is 0 Å². The van der Waals surface area contributed by atoms with Gasteiger partial charge in [-0.1, -0.05) is 11.6 Å². The van der Waals surface area contributed by atoms with Crippen molar-refractivity contribution in [2.75, 3.05) is 18.4 Å². The Bertz CT molecular complexity index is 503. The zero-order valence-corrected chi connectivity index (χ0v) is 10.7. The van der Waals surface area contributed by atoms with Gasteiger partial charge in [-0.3, -0.25) is 9.59 Å². The van der Waals surface area contributed by atoms with Crippen molar-refractivity contribution in [1.29, 1.82) is 0 Å². The Morgan fingerprint density at radius 3 is 2.74 bits per heavy atom. The normalized spacial score (nSPS) is 18.5. The minimum absolute atomic E-state index is 0.114. The molecule has 1 aromatic carbocycles. The molecule has 2 rings (SSSR count). The second-order valence-corrected chi connectivity index (χ2v) is 4.74. The molecule has 5 nitrogen and oxygen atoms in total. The van der Waals surface area contributed by atoms with Gasteiger partial charge in [-0.05, 0) is 24.6 Å². The van der Waals surface area contributed by atoms with E-state index in [1.165, 1.54) is 11.0 Å². The van der Waals surface area contributed by atoms with Crippen molar-refractivity contribution >= 4 is 29.1 Å². The number of β-amino-alcohol motifs (C(OH)–C–C–N with tert-alkyl or cyclic N) is 1. The topological polar surface area (TPSA) is 69.6 Å². The molecular formula is C12H12ClFN2O3. The third-order valence-corrected chi connectivity index (χ3v) is 2.98. The van der Waals surface area contributed by atoms with Gasteiger partial charge in [0.25, 0.3) is 0 Å². The van der Waals surface area contributed by atoms with Crippen molar-refractivity contribution in [2.24, 2.45) is 0 Å². The second-order valence-electron chi connectivity index (χ2n) is 4.31. The van der Waals surface area contributed by atoms with Gasteiger partial charge in [0.2, 0.25) is 0 Å². The average Bonchev–Trinajstić information content (AvgIpc) is 2.73.